The van der Waals surface area contributed by atoms with Crippen LogP contribution in [0.5, 0.6) is 0 Å². The molecule has 0 radical (unpaired) electrons. The Balaban J connectivity index is 2.02. The van der Waals surface area contributed by atoms with Crippen LogP contribution in [0.25, 0.3) is 0 Å². The Morgan fingerprint density at radius 1 is 1.11 bits per heavy atom. The minimum absolute atomic E-state index is 0.0866. The largest absolute Gasteiger partial charge is 0.382 e. The second-order valence-electron chi connectivity index (χ2n) is 3.87. The highest BCUT2D eigenvalue weighted by molar-refractivity contribution is 7.89. The van der Waals surface area contributed by atoms with Gasteiger partial charge in [0.15, 0.2) is 0 Å². The maximum absolute atomic E-state index is 11.1. The lowest BCUT2D eigenvalue weighted by molar-refractivity contribution is 0.598. The first-order valence-corrected chi connectivity index (χ1v) is 6.93. The maximum Gasteiger partial charge on any atom is 0.238 e. The molecule has 0 amide bonds. The van der Waals surface area contributed by atoms with Gasteiger partial charge >= 0.3 is 0 Å². The van der Waals surface area contributed by atoms with Crippen molar-refractivity contribution in [2.24, 2.45) is 5.14 Å². The number of sulfonamides is 1. The Kier molecular flexibility index (Phi) is 3.63. The predicted molar refractivity (Wildman–Crippen MR) is 71.6 cm³/mol. The van der Waals surface area contributed by atoms with Gasteiger partial charge in [-0.15, -0.1) is 0 Å². The van der Waals surface area contributed by atoms with Gasteiger partial charge < -0.3 is 11.1 Å². The molecule has 0 fully saturated rings. The third kappa shape index (κ3) is 3.63. The Labute approximate surface area is 110 Å². The molecule has 0 unspecified atom stereocenters. The number of rotatable bonds is 4. The van der Waals surface area contributed by atoms with Crippen molar-refractivity contribution in [3.05, 3.63) is 42.2 Å². The van der Waals surface area contributed by atoms with Gasteiger partial charge in [-0.05, 0) is 17.7 Å². The number of hydrogen-bond donors (Lipinski definition) is 3. The molecule has 100 valence electrons. The Morgan fingerprint density at radius 3 is 2.32 bits per heavy atom. The summed E-state index contributed by atoms with van der Waals surface area (Å²) in [6.45, 7) is 0.490. The fourth-order valence-corrected chi connectivity index (χ4v) is 1.93. The van der Waals surface area contributed by atoms with E-state index >= 15 is 0 Å². The van der Waals surface area contributed by atoms with Gasteiger partial charge in [0, 0.05) is 6.54 Å². The maximum atomic E-state index is 11.1. The molecule has 0 aliphatic heterocycles. The Bertz CT molecular complexity index is 652. The summed E-state index contributed by atoms with van der Waals surface area (Å²) in [5, 5.41) is 8.05. The summed E-state index contributed by atoms with van der Waals surface area (Å²) in [4.78, 5) is 8.02. The molecule has 2 aromatic rings. The predicted octanol–water partition coefficient (Wildman–Crippen LogP) is 0.318. The van der Waals surface area contributed by atoms with E-state index in [2.05, 4.69) is 15.3 Å². The molecule has 8 heteroatoms. The van der Waals surface area contributed by atoms with E-state index in [0.717, 1.165) is 5.56 Å². The van der Waals surface area contributed by atoms with E-state index in [1.165, 1.54) is 24.5 Å². The second-order valence-corrected chi connectivity index (χ2v) is 5.43. The van der Waals surface area contributed by atoms with Crippen molar-refractivity contribution in [2.45, 2.75) is 11.4 Å². The molecule has 0 saturated heterocycles. The number of aromatic nitrogens is 2. The van der Waals surface area contributed by atoms with E-state index < -0.39 is 10.0 Å². The monoisotopic (exact) mass is 279 g/mol. The Hall–Kier alpha value is -2.19. The highest BCUT2D eigenvalue weighted by Gasteiger charge is 2.06. The standard InChI is InChI=1S/C11H13N5O2S/c12-10-6-16-11(7-14-10)15-5-8-1-3-9(4-2-8)19(13,17)18/h1-4,6-7H,5H2,(H2,12,14)(H,15,16)(H2,13,17,18). The van der Waals surface area contributed by atoms with Crippen LogP contribution in [-0.2, 0) is 16.6 Å². The van der Waals surface area contributed by atoms with E-state index in [1.807, 2.05) is 0 Å². The molecule has 0 atom stereocenters. The van der Waals surface area contributed by atoms with Crippen molar-refractivity contribution in [3.63, 3.8) is 0 Å². The van der Waals surface area contributed by atoms with Crippen LogP contribution in [0.2, 0.25) is 0 Å². The van der Waals surface area contributed by atoms with Crippen LogP contribution in [-0.4, -0.2) is 18.4 Å². The highest BCUT2D eigenvalue weighted by atomic mass is 32.2. The number of primary sulfonamides is 1. The normalized spacial score (nSPS) is 11.2. The zero-order chi connectivity index (χ0) is 13.9. The van der Waals surface area contributed by atoms with Crippen molar-refractivity contribution in [1.29, 1.82) is 0 Å². The SMILES string of the molecule is Nc1cnc(NCc2ccc(S(N)(=O)=O)cc2)cn1. The average Bonchev–Trinajstić information content (AvgIpc) is 2.37. The van der Waals surface area contributed by atoms with Crippen molar-refractivity contribution in [2.75, 3.05) is 11.1 Å². The summed E-state index contributed by atoms with van der Waals surface area (Å²) in [5.74, 6) is 0.938. The molecule has 0 spiro atoms. The smallest absolute Gasteiger partial charge is 0.238 e. The number of nitrogens with one attached hydrogen (secondary N) is 1. The van der Waals surface area contributed by atoms with E-state index in [1.54, 1.807) is 12.1 Å². The third-order valence-corrected chi connectivity index (χ3v) is 3.33. The minimum Gasteiger partial charge on any atom is -0.382 e. The third-order valence-electron chi connectivity index (χ3n) is 2.40. The molecule has 19 heavy (non-hydrogen) atoms. The first kappa shape index (κ1) is 13.2. The van der Waals surface area contributed by atoms with Gasteiger partial charge in [-0.2, -0.15) is 0 Å². The van der Waals surface area contributed by atoms with Crippen molar-refractivity contribution < 1.29 is 8.42 Å². The quantitative estimate of drug-likeness (QED) is 0.740. The van der Waals surface area contributed by atoms with Gasteiger partial charge in [0.2, 0.25) is 10.0 Å². The van der Waals surface area contributed by atoms with Gasteiger partial charge in [0.05, 0.1) is 17.3 Å². The molecule has 0 aliphatic carbocycles. The number of anilines is 2. The molecule has 7 nitrogen and oxygen atoms in total. The number of benzene rings is 1. The van der Waals surface area contributed by atoms with Crippen molar-refractivity contribution in [1.82, 2.24) is 9.97 Å². The van der Waals surface area contributed by atoms with Gasteiger partial charge in [-0.3, -0.25) is 0 Å². The van der Waals surface area contributed by atoms with Crippen LogP contribution in [0.4, 0.5) is 11.6 Å². The minimum atomic E-state index is -3.65. The van der Waals surface area contributed by atoms with Crippen LogP contribution < -0.4 is 16.2 Å². The number of nitrogens with zero attached hydrogens (tertiary/aromatic N) is 2. The number of nitrogens with two attached hydrogens (primary N) is 2. The number of nitrogen functional groups attached to an aromatic ring is 1. The molecule has 1 aromatic heterocycles. The fraction of sp³-hybridized carbons (Fsp3) is 0.0909. The molecule has 0 saturated carbocycles. The lowest BCUT2D eigenvalue weighted by Crippen LogP contribution is -2.12. The van der Waals surface area contributed by atoms with E-state index in [9.17, 15) is 8.42 Å². The molecular formula is C11H13N5O2S. The summed E-state index contributed by atoms with van der Waals surface area (Å²) < 4.78 is 22.2. The fourth-order valence-electron chi connectivity index (χ4n) is 1.42. The van der Waals surface area contributed by atoms with Crippen molar-refractivity contribution in [3.8, 4) is 0 Å². The Morgan fingerprint density at radius 2 is 1.79 bits per heavy atom. The van der Waals surface area contributed by atoms with Crippen molar-refractivity contribution >= 4 is 21.7 Å². The summed E-state index contributed by atoms with van der Waals surface area (Å²) in [6.07, 6.45) is 2.97. The molecule has 5 N–H and O–H groups in total. The lowest BCUT2D eigenvalue weighted by Gasteiger charge is -2.06. The topological polar surface area (TPSA) is 124 Å². The summed E-state index contributed by atoms with van der Waals surface area (Å²) in [5.41, 5.74) is 6.32. The number of hydrogen-bond acceptors (Lipinski definition) is 6. The average molecular weight is 279 g/mol. The molecule has 0 aliphatic rings. The van der Waals surface area contributed by atoms with E-state index in [-0.39, 0.29) is 4.90 Å². The zero-order valence-corrected chi connectivity index (χ0v) is 10.8. The highest BCUT2D eigenvalue weighted by Crippen LogP contribution is 2.10. The molecular weight excluding hydrogens is 266 g/mol. The first-order chi connectivity index (χ1) is 8.95. The van der Waals surface area contributed by atoms with E-state index in [0.29, 0.717) is 18.2 Å². The summed E-state index contributed by atoms with van der Waals surface area (Å²) in [6, 6.07) is 6.27. The molecule has 0 bridgehead atoms. The first-order valence-electron chi connectivity index (χ1n) is 5.38. The summed E-state index contributed by atoms with van der Waals surface area (Å²) in [7, 11) is -3.65. The van der Waals surface area contributed by atoms with E-state index in [4.69, 9.17) is 10.9 Å². The van der Waals surface area contributed by atoms with Gasteiger partial charge in [0.1, 0.15) is 11.6 Å². The van der Waals surface area contributed by atoms with Crippen LogP contribution >= 0.6 is 0 Å². The molecule has 1 aromatic carbocycles. The molecule has 2 rings (SSSR count). The van der Waals surface area contributed by atoms with Gasteiger partial charge in [-0.1, -0.05) is 12.1 Å². The van der Waals surface area contributed by atoms with Crippen LogP contribution in [0, 0.1) is 0 Å². The van der Waals surface area contributed by atoms with Crippen LogP contribution in [0.3, 0.4) is 0 Å². The second kappa shape index (κ2) is 5.21. The molecule has 1 heterocycles. The lowest BCUT2D eigenvalue weighted by atomic mass is 10.2. The van der Waals surface area contributed by atoms with Gasteiger partial charge in [0.25, 0.3) is 0 Å². The van der Waals surface area contributed by atoms with Crippen LogP contribution in [0.1, 0.15) is 5.56 Å². The zero-order valence-electron chi connectivity index (χ0n) is 9.95. The summed E-state index contributed by atoms with van der Waals surface area (Å²) >= 11 is 0. The van der Waals surface area contributed by atoms with Crippen LogP contribution in [0.15, 0.2) is 41.6 Å². The van der Waals surface area contributed by atoms with Gasteiger partial charge in [-0.25, -0.2) is 23.5 Å².